The number of likely N-dealkylation sites (N-methyl/N-ethyl adjacent to an activating group) is 1. The first-order valence-corrected chi connectivity index (χ1v) is 14.6. The minimum Gasteiger partial charge on any atom is -0.504 e. The van der Waals surface area contributed by atoms with E-state index in [0.29, 0.717) is 19.4 Å². The molecular weight excluding hydrogens is 564 g/mol. The molecule has 2 unspecified atom stereocenters. The molecule has 1 aromatic carbocycles. The van der Waals surface area contributed by atoms with E-state index in [4.69, 9.17) is 14.2 Å². The molecule has 2 heterocycles. The lowest BCUT2D eigenvalue weighted by atomic mass is 9.50. The van der Waals surface area contributed by atoms with Gasteiger partial charge in [0.2, 0.25) is 5.91 Å². The van der Waals surface area contributed by atoms with Gasteiger partial charge >= 0.3 is 11.9 Å². The van der Waals surface area contributed by atoms with Crippen LogP contribution in [0.25, 0.3) is 0 Å². The van der Waals surface area contributed by atoms with Crippen LogP contribution >= 0.6 is 0 Å². The van der Waals surface area contributed by atoms with E-state index in [1.165, 1.54) is 6.92 Å². The molecule has 236 valence electrons. The number of aromatic hydroxyl groups is 1. The number of amides is 1. The monoisotopic (exact) mass is 604 g/mol. The Bertz CT molecular complexity index is 1330. The largest absolute Gasteiger partial charge is 0.504 e. The number of hydrogen-bond acceptors (Lipinski definition) is 11. The third-order valence-electron chi connectivity index (χ3n) is 9.32. The summed E-state index contributed by atoms with van der Waals surface area (Å²) in [6.45, 7) is 5.58. The third-order valence-corrected chi connectivity index (χ3v) is 9.32. The van der Waals surface area contributed by atoms with E-state index in [1.54, 1.807) is 12.1 Å². The molecule has 1 fully saturated rings. The Balaban J connectivity index is 1.26. The van der Waals surface area contributed by atoms with Gasteiger partial charge in [-0.1, -0.05) is 19.9 Å². The van der Waals surface area contributed by atoms with Crippen LogP contribution < -0.4 is 10.1 Å². The van der Waals surface area contributed by atoms with Crippen LogP contribution in [-0.4, -0.2) is 104 Å². The number of aliphatic carboxylic acids is 1. The van der Waals surface area contributed by atoms with Crippen molar-refractivity contribution in [3.05, 3.63) is 35.1 Å². The fourth-order valence-electron chi connectivity index (χ4n) is 7.24. The van der Waals surface area contributed by atoms with E-state index >= 15 is 0 Å². The summed E-state index contributed by atoms with van der Waals surface area (Å²) in [6, 6.07) is 2.02. The lowest BCUT2D eigenvalue weighted by molar-refractivity contribution is -0.180. The summed E-state index contributed by atoms with van der Waals surface area (Å²) in [5.41, 5.74) is -0.556. The van der Waals surface area contributed by atoms with Crippen molar-refractivity contribution in [2.24, 2.45) is 5.92 Å². The summed E-state index contributed by atoms with van der Waals surface area (Å²) in [7, 11) is 1.95. The fourth-order valence-corrected chi connectivity index (χ4v) is 7.24. The molecule has 5 rings (SSSR count). The minimum atomic E-state index is -1.85. The van der Waals surface area contributed by atoms with Crippen molar-refractivity contribution < 1.29 is 54.1 Å². The number of ether oxygens (including phenoxy) is 3. The van der Waals surface area contributed by atoms with Crippen LogP contribution in [0.1, 0.15) is 57.6 Å². The molecule has 0 saturated carbocycles. The zero-order chi connectivity index (χ0) is 31.4. The van der Waals surface area contributed by atoms with Gasteiger partial charge in [-0.15, -0.1) is 0 Å². The molecule has 13 heteroatoms. The van der Waals surface area contributed by atoms with Gasteiger partial charge in [-0.2, -0.15) is 0 Å². The Morgan fingerprint density at radius 1 is 1.19 bits per heavy atom. The Morgan fingerprint density at radius 2 is 1.91 bits per heavy atom. The molecule has 1 aromatic rings. The second-order valence-electron chi connectivity index (χ2n) is 12.5. The van der Waals surface area contributed by atoms with Crippen molar-refractivity contribution in [3.8, 4) is 11.5 Å². The van der Waals surface area contributed by atoms with Gasteiger partial charge in [0.05, 0.1) is 11.0 Å². The lowest BCUT2D eigenvalue weighted by Gasteiger charge is -2.61. The van der Waals surface area contributed by atoms with Crippen molar-refractivity contribution in [1.29, 1.82) is 0 Å². The number of nitrogens with one attached hydrogen (secondary N) is 1. The van der Waals surface area contributed by atoms with Crippen molar-refractivity contribution in [2.75, 3.05) is 13.6 Å². The van der Waals surface area contributed by atoms with E-state index in [1.807, 2.05) is 27.0 Å². The number of aliphatic hydroxyl groups excluding tert-OH is 2. The standard InChI is InChI=1S/C30H40N2O11/c1-14(2)11-17(27(37)38)31-26(36)15(3)41-22(35)13-19(34)28(39)42-20-7-8-30(40)21-12-16-5-6-18(33)24-23(16)29(30,25(20)43-24)9-10-32(21)4/h5-7,14-15,17,19,21-22,25,33-35,40H,8-13H2,1-4H3,(H,31,36)(H,37,38)/t15-,17-,19-,21+,22?,25-,29?,30+/m0/s1. The zero-order valence-electron chi connectivity index (χ0n) is 24.6. The molecule has 13 nitrogen and oxygen atoms in total. The molecule has 4 aliphatic rings. The van der Waals surface area contributed by atoms with Gasteiger partial charge in [-0.05, 0) is 63.4 Å². The average Bonchev–Trinajstić information content (AvgIpc) is 3.29. The SMILES string of the molecule is CC(C)C[C@H](NC(=O)[C@H](C)OC(O)C[C@H](O)C(=O)OC1=CC[C@@]2(O)[C@H]3Cc4ccc(O)c5c4C2(CCN3C)[C@H]1O5)C(=O)O. The van der Waals surface area contributed by atoms with Gasteiger partial charge in [0.1, 0.15) is 17.9 Å². The van der Waals surface area contributed by atoms with E-state index in [2.05, 4.69) is 10.2 Å². The average molecular weight is 605 g/mol. The number of phenols is 1. The van der Waals surface area contributed by atoms with E-state index in [9.17, 15) is 39.9 Å². The highest BCUT2D eigenvalue weighted by atomic mass is 16.6. The first-order valence-electron chi connectivity index (χ1n) is 14.6. The van der Waals surface area contributed by atoms with Crippen LogP contribution in [0.2, 0.25) is 0 Å². The van der Waals surface area contributed by atoms with Crippen LogP contribution in [0.15, 0.2) is 24.0 Å². The van der Waals surface area contributed by atoms with Crippen LogP contribution in [0.4, 0.5) is 0 Å². The van der Waals surface area contributed by atoms with Gasteiger partial charge in [0.15, 0.2) is 30.0 Å². The number of piperidine rings is 1. The van der Waals surface area contributed by atoms with Crippen molar-refractivity contribution in [1.82, 2.24) is 10.2 Å². The maximum atomic E-state index is 13.0. The number of carbonyl (C=O) groups is 3. The number of carbonyl (C=O) groups excluding carboxylic acids is 2. The number of benzene rings is 1. The van der Waals surface area contributed by atoms with Gasteiger partial charge in [-0.3, -0.25) is 4.79 Å². The maximum absolute atomic E-state index is 13.0. The third kappa shape index (κ3) is 5.16. The van der Waals surface area contributed by atoms with Gasteiger partial charge in [-0.25, -0.2) is 9.59 Å². The maximum Gasteiger partial charge on any atom is 0.340 e. The lowest BCUT2D eigenvalue weighted by Crippen LogP contribution is -2.74. The molecule has 1 saturated heterocycles. The smallest absolute Gasteiger partial charge is 0.340 e. The molecule has 2 aliphatic carbocycles. The topological polar surface area (TPSA) is 195 Å². The number of rotatable bonds is 11. The van der Waals surface area contributed by atoms with Crippen LogP contribution in [0.5, 0.6) is 11.5 Å². The molecule has 2 aliphatic heterocycles. The summed E-state index contributed by atoms with van der Waals surface area (Å²) in [6.07, 6.45) is -3.46. The summed E-state index contributed by atoms with van der Waals surface area (Å²) in [5, 5.41) is 55.4. The van der Waals surface area contributed by atoms with Gasteiger partial charge < -0.3 is 50.0 Å². The molecular formula is C30H40N2O11. The highest BCUT2D eigenvalue weighted by Crippen LogP contribution is 2.65. The molecule has 0 aromatic heterocycles. The molecule has 0 radical (unpaired) electrons. The number of carboxylic acid groups (broad SMARTS) is 1. The van der Waals surface area contributed by atoms with Crippen molar-refractivity contribution in [2.45, 2.75) is 101 Å². The molecule has 8 atom stereocenters. The van der Waals surface area contributed by atoms with Crippen LogP contribution in [-0.2, 0) is 35.7 Å². The zero-order valence-corrected chi connectivity index (χ0v) is 24.6. The van der Waals surface area contributed by atoms with Gasteiger partial charge in [0.25, 0.3) is 0 Å². The van der Waals surface area contributed by atoms with Crippen LogP contribution in [0, 0.1) is 5.92 Å². The Kier molecular flexibility index (Phi) is 8.24. The number of aliphatic hydroxyl groups is 3. The highest BCUT2D eigenvalue weighted by molar-refractivity contribution is 5.86. The first-order chi connectivity index (χ1) is 20.2. The molecule has 6 N–H and O–H groups in total. The van der Waals surface area contributed by atoms with Crippen LogP contribution in [0.3, 0.4) is 0 Å². The number of phenolic OH excluding ortho intramolecular Hbond substituents is 1. The summed E-state index contributed by atoms with van der Waals surface area (Å²) in [4.78, 5) is 39.0. The normalized spacial score (nSPS) is 29.9. The predicted octanol–water partition coefficient (Wildman–Crippen LogP) is 0.303. The first kappa shape index (κ1) is 31.2. The summed E-state index contributed by atoms with van der Waals surface area (Å²) >= 11 is 0. The Hall–Kier alpha value is -3.23. The highest BCUT2D eigenvalue weighted by Gasteiger charge is 2.72. The van der Waals surface area contributed by atoms with Crippen molar-refractivity contribution >= 4 is 17.8 Å². The number of hydrogen-bond donors (Lipinski definition) is 6. The van der Waals surface area contributed by atoms with E-state index < -0.39 is 65.9 Å². The van der Waals surface area contributed by atoms with Gasteiger partial charge in [0, 0.05) is 24.4 Å². The fraction of sp³-hybridized carbons (Fsp3) is 0.633. The summed E-state index contributed by atoms with van der Waals surface area (Å²) in [5.74, 6) is -2.80. The van der Waals surface area contributed by atoms with Crippen molar-refractivity contribution in [3.63, 3.8) is 0 Å². The second-order valence-corrected chi connectivity index (χ2v) is 12.5. The number of nitrogens with zero attached hydrogens (tertiary/aromatic N) is 1. The number of carboxylic acids is 1. The summed E-state index contributed by atoms with van der Waals surface area (Å²) < 4.78 is 17.0. The predicted molar refractivity (Wildman–Crippen MR) is 149 cm³/mol. The minimum absolute atomic E-state index is 0.00702. The molecule has 43 heavy (non-hydrogen) atoms. The number of esters is 1. The molecule has 2 bridgehead atoms. The number of likely N-dealkylation sites (tertiary alicyclic amines) is 1. The van der Waals surface area contributed by atoms with E-state index in [-0.39, 0.29) is 42.1 Å². The van der Waals surface area contributed by atoms with E-state index in [0.717, 1.165) is 11.1 Å². The quantitative estimate of drug-likeness (QED) is 0.150. The Labute approximate surface area is 249 Å². The Morgan fingerprint density at radius 3 is 2.58 bits per heavy atom. The molecule has 1 spiro atoms. The molecule has 1 amide bonds. The second kappa shape index (κ2) is 11.4.